The van der Waals surface area contributed by atoms with Crippen LogP contribution in [0.3, 0.4) is 0 Å². The summed E-state index contributed by atoms with van der Waals surface area (Å²) in [5.41, 5.74) is 5.06. The van der Waals surface area contributed by atoms with Gasteiger partial charge in [-0.25, -0.2) is 9.37 Å². The minimum Gasteiger partial charge on any atom is -0.463 e. The van der Waals surface area contributed by atoms with Crippen LogP contribution in [0, 0.1) is 12.7 Å². The van der Waals surface area contributed by atoms with E-state index in [9.17, 15) is 19.8 Å². The molecule has 3 atom stereocenters. The van der Waals surface area contributed by atoms with Gasteiger partial charge in [-0.2, -0.15) is 0 Å². The van der Waals surface area contributed by atoms with Crippen LogP contribution >= 0.6 is 0 Å². The molecule has 2 aliphatic heterocycles. The molecule has 0 bridgehead atoms. The molecule has 4 heterocycles. The molecule has 8 nitrogen and oxygen atoms in total. The molecule has 1 aromatic carbocycles. The molecule has 0 saturated carbocycles. The van der Waals surface area contributed by atoms with Crippen LogP contribution in [0.4, 0.5) is 4.39 Å². The molecule has 0 spiro atoms. The molecular weight excluding hydrogens is 477 g/mol. The van der Waals surface area contributed by atoms with E-state index < -0.39 is 17.7 Å². The van der Waals surface area contributed by atoms with Crippen molar-refractivity contribution in [3.63, 3.8) is 0 Å². The molecule has 3 aliphatic rings. The van der Waals surface area contributed by atoms with Crippen LogP contribution in [0.15, 0.2) is 16.9 Å². The highest BCUT2D eigenvalue weighted by molar-refractivity contribution is 5.93. The minimum atomic E-state index is -0.963. The Morgan fingerprint density at radius 1 is 1.35 bits per heavy atom. The van der Waals surface area contributed by atoms with Gasteiger partial charge in [-0.1, -0.05) is 0 Å². The average Bonchev–Trinajstić information content (AvgIpc) is 3.46. The van der Waals surface area contributed by atoms with Crippen LogP contribution in [0.5, 0.6) is 0 Å². The highest BCUT2D eigenvalue weighted by Crippen LogP contribution is 2.50. The van der Waals surface area contributed by atoms with Gasteiger partial charge in [0.25, 0.3) is 12.0 Å². The third-order valence-electron chi connectivity index (χ3n) is 8.70. The number of hydrogen-bond acceptors (Lipinski definition) is 7. The lowest BCUT2D eigenvalue weighted by atomic mass is 9.73. The van der Waals surface area contributed by atoms with Gasteiger partial charge in [0, 0.05) is 35.6 Å². The first kappa shape index (κ1) is 24.2. The standard InChI is InChI=1S/C28H30FN3O5/c1-14-17-4-6-28(3,31-7-5-16(35)10-31)25-19-11-32-23(26(19)30-22(24(17)25)9-21(14)29)8-18(15(2)34)20(27(32)36)12-37-13-33/h8-9,13,15-16,34-35H,4-7,10-12H2,1-3H3/t15?,16?,28-/m1/s1. The van der Waals surface area contributed by atoms with Crippen molar-refractivity contribution < 1.29 is 24.1 Å². The summed E-state index contributed by atoms with van der Waals surface area (Å²) < 4.78 is 21.6. The highest BCUT2D eigenvalue weighted by Gasteiger charge is 2.45. The zero-order chi connectivity index (χ0) is 26.2. The Kier molecular flexibility index (Phi) is 5.52. The van der Waals surface area contributed by atoms with Crippen LogP contribution in [0.25, 0.3) is 22.3 Å². The summed E-state index contributed by atoms with van der Waals surface area (Å²) in [5, 5.41) is 21.8. The fourth-order valence-corrected chi connectivity index (χ4v) is 6.74. The van der Waals surface area contributed by atoms with E-state index >= 15 is 4.39 Å². The van der Waals surface area contributed by atoms with Crippen molar-refractivity contribution in [1.82, 2.24) is 14.5 Å². The Morgan fingerprint density at radius 3 is 2.81 bits per heavy atom. The van der Waals surface area contributed by atoms with Crippen LogP contribution in [0.2, 0.25) is 0 Å². The molecule has 0 radical (unpaired) electrons. The fourth-order valence-electron chi connectivity index (χ4n) is 6.74. The van der Waals surface area contributed by atoms with Gasteiger partial charge in [-0.3, -0.25) is 14.5 Å². The monoisotopic (exact) mass is 507 g/mol. The van der Waals surface area contributed by atoms with Crippen molar-refractivity contribution >= 4 is 17.4 Å². The maximum absolute atomic E-state index is 15.0. The Balaban J connectivity index is 1.66. The van der Waals surface area contributed by atoms with Crippen molar-refractivity contribution in [1.29, 1.82) is 0 Å². The average molecular weight is 508 g/mol. The van der Waals surface area contributed by atoms with Gasteiger partial charge in [0.2, 0.25) is 0 Å². The second-order valence-corrected chi connectivity index (χ2v) is 10.8. The summed E-state index contributed by atoms with van der Waals surface area (Å²) in [7, 11) is 0. The lowest BCUT2D eigenvalue weighted by Gasteiger charge is -2.44. The second kappa shape index (κ2) is 8.44. The predicted molar refractivity (Wildman–Crippen MR) is 135 cm³/mol. The summed E-state index contributed by atoms with van der Waals surface area (Å²) in [6.45, 7) is 7.16. The molecule has 9 heteroatoms. The van der Waals surface area contributed by atoms with E-state index in [0.29, 0.717) is 47.4 Å². The Bertz CT molecular complexity index is 1530. The highest BCUT2D eigenvalue weighted by atomic mass is 19.1. The summed E-state index contributed by atoms with van der Waals surface area (Å²) in [4.78, 5) is 31.7. The summed E-state index contributed by atoms with van der Waals surface area (Å²) in [5.74, 6) is -0.303. The van der Waals surface area contributed by atoms with E-state index in [0.717, 1.165) is 35.0 Å². The summed E-state index contributed by atoms with van der Waals surface area (Å²) >= 11 is 0. The number of carbonyl (C=O) groups is 1. The molecule has 2 unspecified atom stereocenters. The molecule has 1 aliphatic carbocycles. The zero-order valence-electron chi connectivity index (χ0n) is 21.2. The maximum Gasteiger partial charge on any atom is 0.293 e. The lowest BCUT2D eigenvalue weighted by molar-refractivity contribution is -0.129. The number of aryl methyl sites for hydroxylation is 1. The first-order valence-corrected chi connectivity index (χ1v) is 12.7. The SMILES string of the molecule is Cc1c(F)cc2nc3c(c4c2c1CC[C@@]4(C)N1CCC(O)C1)Cn1c-3cc(C(C)O)c(COC=O)c1=O. The normalized spacial score (nSPS) is 23.2. The third kappa shape index (κ3) is 3.41. The number of halogens is 1. The van der Waals surface area contributed by atoms with E-state index in [4.69, 9.17) is 9.72 Å². The molecule has 37 heavy (non-hydrogen) atoms. The van der Waals surface area contributed by atoms with Crippen LogP contribution in [0.1, 0.15) is 66.2 Å². The molecule has 1 saturated heterocycles. The Hall–Kier alpha value is -3.14. The Morgan fingerprint density at radius 2 is 2.14 bits per heavy atom. The molecule has 3 aromatic rings. The maximum atomic E-state index is 15.0. The van der Waals surface area contributed by atoms with Crippen LogP contribution in [-0.4, -0.2) is 50.3 Å². The van der Waals surface area contributed by atoms with Gasteiger partial charge in [-0.15, -0.1) is 0 Å². The number of carbonyl (C=O) groups excluding carboxylic acids is 1. The van der Waals surface area contributed by atoms with Crippen LogP contribution < -0.4 is 5.56 Å². The van der Waals surface area contributed by atoms with Gasteiger partial charge in [0.05, 0.1) is 41.2 Å². The van der Waals surface area contributed by atoms with Crippen molar-refractivity contribution in [2.75, 3.05) is 13.1 Å². The van der Waals surface area contributed by atoms with Crippen molar-refractivity contribution in [3.05, 3.63) is 61.7 Å². The zero-order valence-corrected chi connectivity index (χ0v) is 21.2. The van der Waals surface area contributed by atoms with Gasteiger partial charge in [0.15, 0.2) is 0 Å². The number of fused-ring (bicyclic) bond motifs is 4. The topological polar surface area (TPSA) is 105 Å². The lowest BCUT2D eigenvalue weighted by Crippen LogP contribution is -2.45. The molecule has 2 aromatic heterocycles. The van der Waals surface area contributed by atoms with Gasteiger partial charge >= 0.3 is 0 Å². The largest absolute Gasteiger partial charge is 0.463 e. The van der Waals surface area contributed by atoms with Crippen molar-refractivity contribution in [2.45, 2.75) is 70.9 Å². The minimum absolute atomic E-state index is 0.227. The molecular formula is C28H30FN3O5. The van der Waals surface area contributed by atoms with Gasteiger partial charge in [-0.05, 0) is 68.4 Å². The number of β-amino-alcohol motifs (C(OH)–C–C–N with tert-alkyl or cyclic N) is 1. The van der Waals surface area contributed by atoms with Crippen molar-refractivity contribution in [2.24, 2.45) is 0 Å². The van der Waals surface area contributed by atoms with Gasteiger partial charge in [0.1, 0.15) is 12.4 Å². The number of pyridine rings is 2. The van der Waals surface area contributed by atoms with E-state index in [1.807, 2.05) is 0 Å². The molecule has 194 valence electrons. The first-order valence-electron chi connectivity index (χ1n) is 12.7. The van der Waals surface area contributed by atoms with E-state index in [-0.39, 0.29) is 36.6 Å². The summed E-state index contributed by atoms with van der Waals surface area (Å²) in [6.07, 6.45) is 0.787. The van der Waals surface area contributed by atoms with Crippen LogP contribution in [-0.2, 0) is 34.6 Å². The number of rotatable bonds is 5. The predicted octanol–water partition coefficient (Wildman–Crippen LogP) is 2.83. The molecule has 1 fully saturated rings. The smallest absolute Gasteiger partial charge is 0.293 e. The van der Waals surface area contributed by atoms with E-state index in [1.54, 1.807) is 24.5 Å². The number of aliphatic hydroxyl groups is 2. The number of hydrogen-bond donors (Lipinski definition) is 2. The first-order chi connectivity index (χ1) is 17.7. The number of likely N-dealkylation sites (tertiary alicyclic amines) is 1. The summed E-state index contributed by atoms with van der Waals surface area (Å²) in [6, 6.07) is 3.21. The second-order valence-electron chi connectivity index (χ2n) is 10.8. The number of nitrogens with zero attached hydrogens (tertiary/aromatic N) is 3. The Labute approximate surface area is 213 Å². The molecule has 0 amide bonds. The third-order valence-corrected chi connectivity index (χ3v) is 8.70. The van der Waals surface area contributed by atoms with Crippen molar-refractivity contribution in [3.8, 4) is 11.4 Å². The van der Waals surface area contributed by atoms with E-state index in [2.05, 4.69) is 11.8 Å². The molecule has 6 rings (SSSR count). The number of ether oxygens (including phenoxy) is 1. The van der Waals surface area contributed by atoms with E-state index in [1.165, 1.54) is 6.07 Å². The van der Waals surface area contributed by atoms with Gasteiger partial charge < -0.3 is 19.5 Å². The molecule has 2 N–H and O–H groups in total. The quantitative estimate of drug-likeness (QED) is 0.400. The number of aliphatic hydroxyl groups excluding tert-OH is 2. The number of benzene rings is 1. The number of aromatic nitrogens is 2. The fraction of sp³-hybridized carbons (Fsp3) is 0.464.